The van der Waals surface area contributed by atoms with Crippen molar-refractivity contribution in [1.82, 2.24) is 5.32 Å². The lowest BCUT2D eigenvalue weighted by molar-refractivity contribution is -0.102. The Kier molecular flexibility index (Phi) is 4.02. The molecule has 0 aromatic heterocycles. The van der Waals surface area contributed by atoms with Crippen LogP contribution in [0.3, 0.4) is 0 Å². The van der Waals surface area contributed by atoms with Crippen LogP contribution in [0.2, 0.25) is 0 Å². The van der Waals surface area contributed by atoms with E-state index in [2.05, 4.69) is 5.32 Å². The summed E-state index contributed by atoms with van der Waals surface area (Å²) in [5.41, 5.74) is -0.769. The maximum absolute atomic E-state index is 10.6. The van der Waals surface area contributed by atoms with Gasteiger partial charge in [-0.2, -0.15) is 0 Å². The summed E-state index contributed by atoms with van der Waals surface area (Å²) in [7, 11) is 0. The van der Waals surface area contributed by atoms with Crippen LogP contribution in [0.4, 0.5) is 0 Å². The van der Waals surface area contributed by atoms with Gasteiger partial charge in [0.05, 0.1) is 22.5 Å². The van der Waals surface area contributed by atoms with Crippen LogP contribution in [-0.4, -0.2) is 45.8 Å². The summed E-state index contributed by atoms with van der Waals surface area (Å²) in [6.07, 6.45) is 1.93. The zero-order valence-corrected chi connectivity index (χ0v) is 10.7. The monoisotopic (exact) mass is 267 g/mol. The standard InChI is InChI=1S/C11H19Cl2NO2/c12-8-5-7(10(15)6-9(8)13)11(16)1-3-14-4-2-11/h7-10,14-16H,1-6H2. The number of nitrogens with one attached hydrogen (secondary N) is 1. The Balaban J connectivity index is 2.07. The molecular weight excluding hydrogens is 249 g/mol. The van der Waals surface area contributed by atoms with Crippen molar-refractivity contribution in [2.45, 2.75) is 48.1 Å². The molecule has 4 unspecified atom stereocenters. The lowest BCUT2D eigenvalue weighted by Gasteiger charge is -2.45. The maximum Gasteiger partial charge on any atom is 0.0725 e. The minimum absolute atomic E-state index is 0.132. The first-order chi connectivity index (χ1) is 7.53. The highest BCUT2D eigenvalue weighted by Gasteiger charge is 2.46. The minimum Gasteiger partial charge on any atom is -0.393 e. The molecule has 1 saturated carbocycles. The molecule has 1 aliphatic heterocycles. The van der Waals surface area contributed by atoms with Gasteiger partial charge in [0.25, 0.3) is 0 Å². The number of halogens is 2. The predicted octanol–water partition coefficient (Wildman–Crippen LogP) is 1.09. The molecule has 2 aliphatic rings. The molecule has 4 atom stereocenters. The Hall–Kier alpha value is 0.460. The fraction of sp³-hybridized carbons (Fsp3) is 1.00. The molecule has 1 aliphatic carbocycles. The molecule has 0 radical (unpaired) electrons. The summed E-state index contributed by atoms with van der Waals surface area (Å²) in [6, 6.07) is 0. The number of piperidine rings is 1. The zero-order valence-electron chi connectivity index (χ0n) is 9.20. The molecule has 5 heteroatoms. The van der Waals surface area contributed by atoms with Gasteiger partial charge >= 0.3 is 0 Å². The number of hydrogen-bond acceptors (Lipinski definition) is 3. The van der Waals surface area contributed by atoms with Gasteiger partial charge in [-0.1, -0.05) is 0 Å². The van der Waals surface area contributed by atoms with Gasteiger partial charge < -0.3 is 15.5 Å². The number of aliphatic hydroxyl groups excluding tert-OH is 1. The quantitative estimate of drug-likeness (QED) is 0.624. The van der Waals surface area contributed by atoms with E-state index in [4.69, 9.17) is 23.2 Å². The first-order valence-electron chi connectivity index (χ1n) is 5.92. The van der Waals surface area contributed by atoms with Gasteiger partial charge in [-0.3, -0.25) is 0 Å². The normalized spacial score (nSPS) is 44.2. The molecule has 1 saturated heterocycles. The number of hydrogen-bond donors (Lipinski definition) is 3. The van der Waals surface area contributed by atoms with Crippen LogP contribution >= 0.6 is 23.2 Å². The molecule has 2 rings (SSSR count). The van der Waals surface area contributed by atoms with Gasteiger partial charge in [0.1, 0.15) is 0 Å². The Labute approximate surface area is 106 Å². The fourth-order valence-corrected chi connectivity index (χ4v) is 3.48. The smallest absolute Gasteiger partial charge is 0.0725 e. The van der Waals surface area contributed by atoms with Gasteiger partial charge in [0.15, 0.2) is 0 Å². The molecule has 16 heavy (non-hydrogen) atoms. The average Bonchev–Trinajstić information content (AvgIpc) is 2.24. The van der Waals surface area contributed by atoms with Crippen molar-refractivity contribution >= 4 is 23.2 Å². The third-order valence-electron chi connectivity index (χ3n) is 3.96. The van der Waals surface area contributed by atoms with Crippen LogP contribution in [0.25, 0.3) is 0 Å². The second kappa shape index (κ2) is 4.99. The van der Waals surface area contributed by atoms with Crippen molar-refractivity contribution in [2.24, 2.45) is 5.92 Å². The van der Waals surface area contributed by atoms with Crippen molar-refractivity contribution in [3.63, 3.8) is 0 Å². The van der Waals surface area contributed by atoms with Crippen molar-refractivity contribution in [1.29, 1.82) is 0 Å². The SMILES string of the molecule is OC1CC(Cl)C(Cl)CC1C1(O)CCNCC1. The van der Waals surface area contributed by atoms with Crippen molar-refractivity contribution < 1.29 is 10.2 Å². The molecule has 0 aromatic rings. The number of aliphatic hydroxyl groups is 2. The lowest BCUT2D eigenvalue weighted by atomic mass is 9.71. The average molecular weight is 268 g/mol. The van der Waals surface area contributed by atoms with E-state index in [-0.39, 0.29) is 16.7 Å². The van der Waals surface area contributed by atoms with Gasteiger partial charge in [-0.15, -0.1) is 23.2 Å². The molecule has 94 valence electrons. The highest BCUT2D eigenvalue weighted by Crippen LogP contribution is 2.41. The zero-order chi connectivity index (χ0) is 11.8. The largest absolute Gasteiger partial charge is 0.393 e. The van der Waals surface area contributed by atoms with Crippen LogP contribution in [0.5, 0.6) is 0 Å². The Morgan fingerprint density at radius 3 is 2.25 bits per heavy atom. The van der Waals surface area contributed by atoms with Gasteiger partial charge in [-0.05, 0) is 38.8 Å². The van der Waals surface area contributed by atoms with Crippen molar-refractivity contribution in [2.75, 3.05) is 13.1 Å². The summed E-state index contributed by atoms with van der Waals surface area (Å²) < 4.78 is 0. The minimum atomic E-state index is -0.769. The molecule has 0 bridgehead atoms. The summed E-state index contributed by atoms with van der Waals surface area (Å²) in [6.45, 7) is 1.61. The summed E-state index contributed by atoms with van der Waals surface area (Å²) in [5.74, 6) is -0.132. The maximum atomic E-state index is 10.6. The van der Waals surface area contributed by atoms with E-state index in [0.29, 0.717) is 25.7 Å². The fourth-order valence-electron chi connectivity index (χ4n) is 2.90. The molecule has 3 nitrogen and oxygen atoms in total. The lowest BCUT2D eigenvalue weighted by Crippen LogP contribution is -2.54. The predicted molar refractivity (Wildman–Crippen MR) is 65.1 cm³/mol. The number of rotatable bonds is 1. The van der Waals surface area contributed by atoms with Crippen molar-refractivity contribution in [3.05, 3.63) is 0 Å². The summed E-state index contributed by atoms with van der Waals surface area (Å²) >= 11 is 12.2. The van der Waals surface area contributed by atoms with Gasteiger partial charge in [0, 0.05) is 5.92 Å². The van der Waals surface area contributed by atoms with E-state index >= 15 is 0 Å². The molecular formula is C11H19Cl2NO2. The van der Waals surface area contributed by atoms with Crippen LogP contribution in [0, 0.1) is 5.92 Å². The Morgan fingerprint density at radius 1 is 1.06 bits per heavy atom. The molecule has 1 heterocycles. The molecule has 0 amide bonds. The molecule has 3 N–H and O–H groups in total. The number of alkyl halides is 2. The van der Waals surface area contributed by atoms with E-state index in [9.17, 15) is 10.2 Å². The highest BCUT2D eigenvalue weighted by atomic mass is 35.5. The van der Waals surface area contributed by atoms with Crippen LogP contribution in [0.1, 0.15) is 25.7 Å². The highest BCUT2D eigenvalue weighted by molar-refractivity contribution is 6.30. The third-order valence-corrected chi connectivity index (χ3v) is 5.06. The van der Waals surface area contributed by atoms with E-state index in [1.54, 1.807) is 0 Å². The molecule has 2 fully saturated rings. The summed E-state index contributed by atoms with van der Waals surface area (Å²) in [5, 5.41) is 23.5. The first kappa shape index (κ1) is 12.9. The van der Waals surface area contributed by atoms with Crippen LogP contribution in [-0.2, 0) is 0 Å². The topological polar surface area (TPSA) is 52.5 Å². The molecule has 0 spiro atoms. The van der Waals surface area contributed by atoms with Gasteiger partial charge in [-0.25, -0.2) is 0 Å². The van der Waals surface area contributed by atoms with E-state index in [0.717, 1.165) is 13.1 Å². The van der Waals surface area contributed by atoms with E-state index in [1.165, 1.54) is 0 Å². The van der Waals surface area contributed by atoms with Crippen molar-refractivity contribution in [3.8, 4) is 0 Å². The second-order valence-corrected chi connectivity index (χ2v) is 6.15. The summed E-state index contributed by atoms with van der Waals surface area (Å²) in [4.78, 5) is 0. The molecule has 0 aromatic carbocycles. The second-order valence-electron chi connectivity index (χ2n) is 5.03. The Morgan fingerprint density at radius 2 is 1.62 bits per heavy atom. The van der Waals surface area contributed by atoms with E-state index < -0.39 is 11.7 Å². The van der Waals surface area contributed by atoms with Crippen LogP contribution < -0.4 is 5.32 Å². The van der Waals surface area contributed by atoms with Crippen LogP contribution in [0.15, 0.2) is 0 Å². The third kappa shape index (κ3) is 2.49. The van der Waals surface area contributed by atoms with E-state index in [1.807, 2.05) is 0 Å². The first-order valence-corrected chi connectivity index (χ1v) is 6.79. The van der Waals surface area contributed by atoms with Gasteiger partial charge in [0.2, 0.25) is 0 Å². The Bertz CT molecular complexity index is 246.